The van der Waals surface area contributed by atoms with Crippen molar-refractivity contribution in [2.75, 3.05) is 31.6 Å². The quantitative estimate of drug-likeness (QED) is 0.489. The van der Waals surface area contributed by atoms with E-state index in [2.05, 4.69) is 23.8 Å². The highest BCUT2D eigenvalue weighted by molar-refractivity contribution is 6.17. The molecule has 0 bridgehead atoms. The molecule has 0 spiro atoms. The average Bonchev–Trinajstić information content (AvgIpc) is 2.58. The van der Waals surface area contributed by atoms with E-state index in [1.165, 1.54) is 0 Å². The summed E-state index contributed by atoms with van der Waals surface area (Å²) in [6.07, 6.45) is 1.08. The number of benzene rings is 1. The summed E-state index contributed by atoms with van der Waals surface area (Å²) in [6, 6.07) is 5.35. The van der Waals surface area contributed by atoms with Crippen LogP contribution in [0.4, 0.5) is 11.4 Å². The van der Waals surface area contributed by atoms with Crippen molar-refractivity contribution >= 4 is 23.0 Å². The predicted molar refractivity (Wildman–Crippen MR) is 81.6 cm³/mol. The fourth-order valence-corrected chi connectivity index (χ4v) is 3.02. The topological polar surface area (TPSA) is 49.6 Å². The minimum Gasteiger partial charge on any atom is -0.367 e. The van der Waals surface area contributed by atoms with Gasteiger partial charge in [-0.1, -0.05) is 0 Å². The van der Waals surface area contributed by atoms with Gasteiger partial charge < -0.3 is 9.80 Å². The zero-order valence-corrected chi connectivity index (χ0v) is 12.6. The number of hydrogen-bond acceptors (Lipinski definition) is 4. The van der Waals surface area contributed by atoms with E-state index < -0.39 is 0 Å². The van der Waals surface area contributed by atoms with E-state index in [4.69, 9.17) is 11.6 Å². The zero-order chi connectivity index (χ0) is 14.7. The van der Waals surface area contributed by atoms with Crippen LogP contribution < -0.4 is 4.90 Å². The van der Waals surface area contributed by atoms with Crippen molar-refractivity contribution in [2.45, 2.75) is 25.3 Å². The Kier molecular flexibility index (Phi) is 4.83. The molecule has 2 rings (SSSR count). The number of rotatable bonds is 3. The maximum absolute atomic E-state index is 10.9. The number of non-ortho nitro benzene ring substituents is 1. The third-order valence-electron chi connectivity index (χ3n) is 3.77. The van der Waals surface area contributed by atoms with Crippen LogP contribution in [0.5, 0.6) is 0 Å². The SMILES string of the molecule is CC1CN(C)CCCN1c1ccc([N+](=O)[O-])cc1CCl. The summed E-state index contributed by atoms with van der Waals surface area (Å²) in [6.45, 7) is 5.19. The smallest absolute Gasteiger partial charge is 0.269 e. The van der Waals surface area contributed by atoms with Gasteiger partial charge in [-0.2, -0.15) is 0 Å². The summed E-state index contributed by atoms with van der Waals surface area (Å²) in [5, 5.41) is 10.9. The maximum Gasteiger partial charge on any atom is 0.269 e. The van der Waals surface area contributed by atoms with Crippen LogP contribution in [0, 0.1) is 10.1 Å². The lowest BCUT2D eigenvalue weighted by Crippen LogP contribution is -2.38. The second kappa shape index (κ2) is 6.41. The largest absolute Gasteiger partial charge is 0.367 e. The van der Waals surface area contributed by atoms with Gasteiger partial charge in [-0.15, -0.1) is 11.6 Å². The second-order valence-electron chi connectivity index (χ2n) is 5.36. The minimum atomic E-state index is -0.376. The van der Waals surface area contributed by atoms with Gasteiger partial charge in [0.1, 0.15) is 0 Å². The second-order valence-corrected chi connectivity index (χ2v) is 5.63. The Hall–Kier alpha value is -1.33. The van der Waals surface area contributed by atoms with Crippen molar-refractivity contribution in [2.24, 2.45) is 0 Å². The van der Waals surface area contributed by atoms with Crippen LogP contribution in [0.3, 0.4) is 0 Å². The van der Waals surface area contributed by atoms with E-state index in [9.17, 15) is 10.1 Å². The monoisotopic (exact) mass is 297 g/mol. The number of likely N-dealkylation sites (N-methyl/N-ethyl adjacent to an activating group) is 1. The normalized spacial score (nSPS) is 20.8. The number of nitro benzene ring substituents is 1. The average molecular weight is 298 g/mol. The van der Waals surface area contributed by atoms with Gasteiger partial charge in [-0.05, 0) is 38.6 Å². The van der Waals surface area contributed by atoms with Crippen LogP contribution in [-0.2, 0) is 5.88 Å². The van der Waals surface area contributed by atoms with Crippen LogP contribution in [-0.4, -0.2) is 42.5 Å². The van der Waals surface area contributed by atoms with E-state index >= 15 is 0 Å². The van der Waals surface area contributed by atoms with Crippen molar-refractivity contribution in [1.82, 2.24) is 4.90 Å². The molecule has 1 aliphatic heterocycles. The zero-order valence-electron chi connectivity index (χ0n) is 11.9. The molecule has 0 N–H and O–H groups in total. The molecule has 0 aliphatic carbocycles. The molecule has 0 aromatic heterocycles. The first-order valence-electron chi connectivity index (χ1n) is 6.81. The molecule has 1 heterocycles. The van der Waals surface area contributed by atoms with Crippen molar-refractivity contribution in [3.05, 3.63) is 33.9 Å². The van der Waals surface area contributed by atoms with E-state index in [1.807, 2.05) is 6.07 Å². The molecule has 1 aliphatic rings. The van der Waals surface area contributed by atoms with E-state index in [-0.39, 0.29) is 16.5 Å². The lowest BCUT2D eigenvalue weighted by Gasteiger charge is -2.31. The van der Waals surface area contributed by atoms with Crippen LogP contribution in [0.15, 0.2) is 18.2 Å². The van der Waals surface area contributed by atoms with Crippen molar-refractivity contribution in [3.63, 3.8) is 0 Å². The molecule has 20 heavy (non-hydrogen) atoms. The molecule has 1 atom stereocenters. The molecule has 0 amide bonds. The van der Waals surface area contributed by atoms with Gasteiger partial charge in [-0.3, -0.25) is 10.1 Å². The number of nitro groups is 1. The lowest BCUT2D eigenvalue weighted by molar-refractivity contribution is -0.384. The third kappa shape index (κ3) is 3.22. The summed E-state index contributed by atoms with van der Waals surface area (Å²) in [5.41, 5.74) is 1.95. The number of hydrogen-bond donors (Lipinski definition) is 0. The molecule has 1 unspecified atom stereocenters. The Morgan fingerprint density at radius 2 is 2.20 bits per heavy atom. The van der Waals surface area contributed by atoms with Gasteiger partial charge in [0.15, 0.2) is 0 Å². The summed E-state index contributed by atoms with van der Waals surface area (Å²) in [5.74, 6) is 0.288. The van der Waals surface area contributed by atoms with Gasteiger partial charge in [0, 0.05) is 42.8 Å². The van der Waals surface area contributed by atoms with E-state index in [0.717, 1.165) is 37.3 Å². The molecular weight excluding hydrogens is 278 g/mol. The van der Waals surface area contributed by atoms with Crippen LogP contribution in [0.2, 0.25) is 0 Å². The Bertz CT molecular complexity index is 495. The molecule has 6 heteroatoms. The Labute approximate surface area is 124 Å². The summed E-state index contributed by atoms with van der Waals surface area (Å²) in [4.78, 5) is 15.1. The highest BCUT2D eigenvalue weighted by atomic mass is 35.5. The predicted octanol–water partition coefficient (Wildman–Crippen LogP) is 2.86. The Morgan fingerprint density at radius 3 is 2.85 bits per heavy atom. The van der Waals surface area contributed by atoms with Gasteiger partial charge in [-0.25, -0.2) is 0 Å². The van der Waals surface area contributed by atoms with Gasteiger partial charge in [0.25, 0.3) is 5.69 Å². The van der Waals surface area contributed by atoms with Gasteiger partial charge in [0.2, 0.25) is 0 Å². The van der Waals surface area contributed by atoms with Crippen LogP contribution in [0.25, 0.3) is 0 Å². The molecule has 5 nitrogen and oxygen atoms in total. The lowest BCUT2D eigenvalue weighted by atomic mass is 10.1. The fraction of sp³-hybridized carbons (Fsp3) is 0.571. The summed E-state index contributed by atoms with van der Waals surface area (Å²) >= 11 is 5.99. The fourth-order valence-electron chi connectivity index (χ4n) is 2.80. The standard InChI is InChI=1S/C14H20ClN3O2/c1-11-10-16(2)6-3-7-17(11)14-5-4-13(18(19)20)8-12(14)9-15/h4-5,8,11H,3,6-7,9-10H2,1-2H3. The molecule has 0 radical (unpaired) electrons. The first-order chi connectivity index (χ1) is 9.52. The highest BCUT2D eigenvalue weighted by Gasteiger charge is 2.22. The molecule has 110 valence electrons. The number of alkyl halides is 1. The van der Waals surface area contributed by atoms with Crippen molar-refractivity contribution in [1.29, 1.82) is 0 Å². The maximum atomic E-state index is 10.9. The molecule has 0 saturated carbocycles. The van der Waals surface area contributed by atoms with Gasteiger partial charge in [0.05, 0.1) is 4.92 Å². The molecule has 1 fully saturated rings. The highest BCUT2D eigenvalue weighted by Crippen LogP contribution is 2.29. The minimum absolute atomic E-state index is 0.101. The molecule has 1 saturated heterocycles. The third-order valence-corrected chi connectivity index (χ3v) is 4.06. The van der Waals surface area contributed by atoms with E-state index in [1.54, 1.807) is 12.1 Å². The summed E-state index contributed by atoms with van der Waals surface area (Å²) in [7, 11) is 2.12. The molecular formula is C14H20ClN3O2. The Morgan fingerprint density at radius 1 is 1.45 bits per heavy atom. The van der Waals surface area contributed by atoms with Crippen LogP contribution >= 0.6 is 11.6 Å². The number of nitrogens with zero attached hydrogens (tertiary/aromatic N) is 3. The van der Waals surface area contributed by atoms with E-state index in [0.29, 0.717) is 6.04 Å². The Balaban J connectivity index is 2.33. The molecule has 1 aromatic rings. The van der Waals surface area contributed by atoms with Crippen molar-refractivity contribution in [3.8, 4) is 0 Å². The first-order valence-corrected chi connectivity index (χ1v) is 7.35. The first kappa shape index (κ1) is 15.1. The number of halogens is 1. The molecule has 1 aromatic carbocycles. The summed E-state index contributed by atoms with van der Waals surface area (Å²) < 4.78 is 0. The van der Waals surface area contributed by atoms with Crippen LogP contribution in [0.1, 0.15) is 18.9 Å². The van der Waals surface area contributed by atoms with Gasteiger partial charge >= 0.3 is 0 Å². The number of anilines is 1. The van der Waals surface area contributed by atoms with Crippen molar-refractivity contribution < 1.29 is 4.92 Å².